The Morgan fingerprint density at radius 3 is 2.95 bits per heavy atom. The molecular formula is C13H18N4OS2. The molecule has 1 fully saturated rings. The van der Waals surface area contributed by atoms with Crippen molar-refractivity contribution in [3.8, 4) is 12.3 Å². The summed E-state index contributed by atoms with van der Waals surface area (Å²) >= 11 is 2.89. The van der Waals surface area contributed by atoms with Crippen molar-refractivity contribution in [2.75, 3.05) is 17.6 Å². The highest BCUT2D eigenvalue weighted by Gasteiger charge is 2.15. The molecular weight excluding hydrogens is 292 g/mol. The van der Waals surface area contributed by atoms with Gasteiger partial charge in [-0.2, -0.15) is 0 Å². The maximum absolute atomic E-state index is 11.4. The molecule has 0 atom stereocenters. The van der Waals surface area contributed by atoms with Crippen molar-refractivity contribution in [3.05, 3.63) is 0 Å². The molecule has 0 aromatic carbocycles. The largest absolute Gasteiger partial charge is 0.357 e. The number of thioether (sulfide) groups is 1. The van der Waals surface area contributed by atoms with Gasteiger partial charge in [-0.25, -0.2) is 0 Å². The summed E-state index contributed by atoms with van der Waals surface area (Å²) in [5, 5.41) is 15.1. The number of terminal acetylenes is 1. The minimum Gasteiger partial charge on any atom is -0.357 e. The number of carbonyl (C=O) groups excluding carboxylic acids is 1. The predicted octanol–water partition coefficient (Wildman–Crippen LogP) is 2.12. The SMILES string of the molecule is C#CCNC(=O)CSc1nnc(NC2CCCCC2)s1. The van der Waals surface area contributed by atoms with Crippen LogP contribution >= 0.6 is 23.1 Å². The normalized spacial score (nSPS) is 15.6. The highest BCUT2D eigenvalue weighted by Crippen LogP contribution is 2.28. The van der Waals surface area contributed by atoms with Gasteiger partial charge in [0, 0.05) is 6.04 Å². The first-order chi connectivity index (χ1) is 9.78. The Hall–Kier alpha value is -1.26. The fourth-order valence-electron chi connectivity index (χ4n) is 2.08. The van der Waals surface area contributed by atoms with E-state index < -0.39 is 0 Å². The van der Waals surface area contributed by atoms with Gasteiger partial charge in [-0.1, -0.05) is 48.3 Å². The Bertz CT molecular complexity index is 477. The zero-order chi connectivity index (χ0) is 14.2. The first kappa shape index (κ1) is 15.1. The highest BCUT2D eigenvalue weighted by molar-refractivity contribution is 8.01. The summed E-state index contributed by atoms with van der Waals surface area (Å²) in [7, 11) is 0. The lowest BCUT2D eigenvalue weighted by atomic mass is 9.96. The number of hydrogen-bond donors (Lipinski definition) is 2. The number of aromatic nitrogens is 2. The maximum atomic E-state index is 11.4. The third kappa shape index (κ3) is 5.02. The number of anilines is 1. The fourth-order valence-corrected chi connectivity index (χ4v) is 3.73. The maximum Gasteiger partial charge on any atom is 0.231 e. The molecule has 7 heteroatoms. The average molecular weight is 310 g/mol. The second-order valence-corrected chi connectivity index (χ2v) is 6.82. The van der Waals surface area contributed by atoms with E-state index in [0.717, 1.165) is 9.47 Å². The van der Waals surface area contributed by atoms with E-state index in [0.29, 0.717) is 11.8 Å². The van der Waals surface area contributed by atoms with E-state index in [-0.39, 0.29) is 12.5 Å². The minimum atomic E-state index is -0.0788. The molecule has 1 aromatic heterocycles. The number of rotatable bonds is 6. The number of amides is 1. The molecule has 0 radical (unpaired) electrons. The number of nitrogens with one attached hydrogen (secondary N) is 2. The summed E-state index contributed by atoms with van der Waals surface area (Å²) in [6.45, 7) is 0.268. The van der Waals surface area contributed by atoms with Crippen molar-refractivity contribution in [2.45, 2.75) is 42.5 Å². The summed E-state index contributed by atoms with van der Waals surface area (Å²) in [4.78, 5) is 11.4. The van der Waals surface area contributed by atoms with E-state index in [1.165, 1.54) is 55.2 Å². The predicted molar refractivity (Wildman–Crippen MR) is 83.0 cm³/mol. The number of carbonyl (C=O) groups is 1. The molecule has 1 heterocycles. The Kier molecular flexibility index (Phi) is 6.15. The molecule has 0 aliphatic heterocycles. The standard InChI is InChI=1S/C13H18N4OS2/c1-2-8-14-11(18)9-19-13-17-16-12(20-13)15-10-6-4-3-5-7-10/h1,10H,3-9H2,(H,14,18)(H,15,16). The van der Waals surface area contributed by atoms with Crippen LogP contribution in [0.1, 0.15) is 32.1 Å². The smallest absolute Gasteiger partial charge is 0.231 e. The second-order valence-electron chi connectivity index (χ2n) is 4.62. The second kappa shape index (κ2) is 8.12. The van der Waals surface area contributed by atoms with Crippen LogP contribution in [0.4, 0.5) is 5.13 Å². The molecule has 0 saturated heterocycles. The van der Waals surface area contributed by atoms with Gasteiger partial charge in [-0.05, 0) is 12.8 Å². The van der Waals surface area contributed by atoms with Crippen LogP contribution in [-0.4, -0.2) is 34.4 Å². The average Bonchev–Trinajstić information content (AvgIpc) is 2.91. The first-order valence-corrected chi connectivity index (χ1v) is 8.51. The molecule has 0 unspecified atom stereocenters. The van der Waals surface area contributed by atoms with Crippen LogP contribution in [0, 0.1) is 12.3 Å². The van der Waals surface area contributed by atoms with Crippen molar-refractivity contribution in [1.82, 2.24) is 15.5 Å². The summed E-state index contributed by atoms with van der Waals surface area (Å²) in [6.07, 6.45) is 11.4. The molecule has 20 heavy (non-hydrogen) atoms. The molecule has 5 nitrogen and oxygen atoms in total. The van der Waals surface area contributed by atoms with Crippen LogP contribution in [0.3, 0.4) is 0 Å². The number of hydrogen-bond acceptors (Lipinski definition) is 6. The van der Waals surface area contributed by atoms with Crippen LogP contribution in [-0.2, 0) is 4.79 Å². The minimum absolute atomic E-state index is 0.0788. The van der Waals surface area contributed by atoms with Crippen LogP contribution in [0.5, 0.6) is 0 Å². The summed E-state index contributed by atoms with van der Waals surface area (Å²) in [5.74, 6) is 2.61. The van der Waals surface area contributed by atoms with Crippen molar-refractivity contribution < 1.29 is 4.79 Å². The third-order valence-corrected chi connectivity index (χ3v) is 5.04. The van der Waals surface area contributed by atoms with Crippen LogP contribution < -0.4 is 10.6 Å². The molecule has 2 rings (SSSR count). The van der Waals surface area contributed by atoms with E-state index >= 15 is 0 Å². The highest BCUT2D eigenvalue weighted by atomic mass is 32.2. The molecule has 1 amide bonds. The van der Waals surface area contributed by atoms with E-state index in [2.05, 4.69) is 26.8 Å². The molecule has 0 spiro atoms. The third-order valence-electron chi connectivity index (χ3n) is 3.05. The zero-order valence-corrected chi connectivity index (χ0v) is 12.9. The monoisotopic (exact) mass is 310 g/mol. The van der Waals surface area contributed by atoms with Crippen molar-refractivity contribution >= 4 is 34.1 Å². The molecule has 1 saturated carbocycles. The Balaban J connectivity index is 1.74. The van der Waals surface area contributed by atoms with Crippen molar-refractivity contribution in [2.24, 2.45) is 0 Å². The Morgan fingerprint density at radius 1 is 1.40 bits per heavy atom. The number of nitrogens with zero attached hydrogens (tertiary/aromatic N) is 2. The van der Waals surface area contributed by atoms with Gasteiger partial charge in [-0.3, -0.25) is 4.79 Å². The van der Waals surface area contributed by atoms with Crippen molar-refractivity contribution in [3.63, 3.8) is 0 Å². The van der Waals surface area contributed by atoms with Crippen LogP contribution in [0.25, 0.3) is 0 Å². The van der Waals surface area contributed by atoms with Crippen LogP contribution in [0.2, 0.25) is 0 Å². The summed E-state index contributed by atoms with van der Waals surface area (Å²) in [5.41, 5.74) is 0. The van der Waals surface area contributed by atoms with Gasteiger partial charge in [0.05, 0.1) is 12.3 Å². The Labute approximate surface area is 127 Å². The zero-order valence-electron chi connectivity index (χ0n) is 11.2. The lowest BCUT2D eigenvalue weighted by Crippen LogP contribution is -2.25. The van der Waals surface area contributed by atoms with Gasteiger partial charge < -0.3 is 10.6 Å². The van der Waals surface area contributed by atoms with Gasteiger partial charge in [0.15, 0.2) is 4.34 Å². The fraction of sp³-hybridized carbons (Fsp3) is 0.615. The van der Waals surface area contributed by atoms with E-state index in [1.807, 2.05) is 0 Å². The molecule has 2 N–H and O–H groups in total. The van der Waals surface area contributed by atoms with E-state index in [9.17, 15) is 4.79 Å². The van der Waals surface area contributed by atoms with Gasteiger partial charge in [-0.15, -0.1) is 16.6 Å². The van der Waals surface area contributed by atoms with Gasteiger partial charge in [0.25, 0.3) is 0 Å². The first-order valence-electron chi connectivity index (χ1n) is 6.71. The molecule has 0 bridgehead atoms. The lowest BCUT2D eigenvalue weighted by Gasteiger charge is -2.21. The lowest BCUT2D eigenvalue weighted by molar-refractivity contribution is -0.118. The summed E-state index contributed by atoms with van der Waals surface area (Å²) < 4.78 is 0.805. The molecule has 1 aliphatic carbocycles. The van der Waals surface area contributed by atoms with E-state index in [1.54, 1.807) is 0 Å². The topological polar surface area (TPSA) is 66.9 Å². The van der Waals surface area contributed by atoms with Gasteiger partial charge in [0.2, 0.25) is 11.0 Å². The quantitative estimate of drug-likeness (QED) is 0.622. The summed E-state index contributed by atoms with van der Waals surface area (Å²) in [6, 6.07) is 0.522. The van der Waals surface area contributed by atoms with Gasteiger partial charge in [0.1, 0.15) is 0 Å². The van der Waals surface area contributed by atoms with Crippen molar-refractivity contribution in [1.29, 1.82) is 0 Å². The Morgan fingerprint density at radius 2 is 2.20 bits per heavy atom. The molecule has 1 aromatic rings. The van der Waals surface area contributed by atoms with E-state index in [4.69, 9.17) is 6.42 Å². The molecule has 108 valence electrons. The molecule has 1 aliphatic rings. The van der Waals surface area contributed by atoms with Crippen LogP contribution in [0.15, 0.2) is 4.34 Å². The van der Waals surface area contributed by atoms with Gasteiger partial charge >= 0.3 is 0 Å².